The van der Waals surface area contributed by atoms with Crippen molar-refractivity contribution in [2.24, 2.45) is 0 Å². The minimum Gasteiger partial charge on any atom is -0.374 e. The average molecular weight is 455 g/mol. The van der Waals surface area contributed by atoms with Crippen molar-refractivity contribution < 1.29 is 18.1 Å². The zero-order chi connectivity index (χ0) is 22.8. The van der Waals surface area contributed by atoms with Crippen LogP contribution >= 0.6 is 0 Å². The van der Waals surface area contributed by atoms with E-state index in [4.69, 9.17) is 18.3 Å². The van der Waals surface area contributed by atoms with Gasteiger partial charge in [0.1, 0.15) is 0 Å². The van der Waals surface area contributed by atoms with E-state index >= 15 is 0 Å². The van der Waals surface area contributed by atoms with E-state index in [2.05, 4.69) is 17.4 Å². The number of aromatic nitrogens is 1. The summed E-state index contributed by atoms with van der Waals surface area (Å²) in [5.41, 5.74) is 2.99. The standard InChI is InChI=1S/C25H34N2O4Si/c1-4-29-32(30-5-2,31-6-3)18-12-11-17-25(28)26-19-22-20-13-7-9-15-23(20)27-24-16-10-8-14-21(22)24/h7-10,13-16H,4-6,11-12,17-19H2,1-3H3,(H,26,28). The van der Waals surface area contributed by atoms with Crippen molar-refractivity contribution in [2.75, 3.05) is 19.8 Å². The summed E-state index contributed by atoms with van der Waals surface area (Å²) in [6, 6.07) is 16.9. The first-order chi connectivity index (χ1) is 15.6. The number of hydrogen-bond acceptors (Lipinski definition) is 5. The van der Waals surface area contributed by atoms with Gasteiger partial charge < -0.3 is 18.6 Å². The molecule has 1 heterocycles. The highest BCUT2D eigenvalue weighted by Crippen LogP contribution is 2.26. The topological polar surface area (TPSA) is 69.7 Å². The second-order valence-electron chi connectivity index (χ2n) is 7.59. The zero-order valence-electron chi connectivity index (χ0n) is 19.4. The number of nitrogens with one attached hydrogen (secondary N) is 1. The lowest BCUT2D eigenvalue weighted by atomic mass is 10.0. The first kappa shape index (κ1) is 24.3. The summed E-state index contributed by atoms with van der Waals surface area (Å²) < 4.78 is 17.7. The number of hydrogen-bond donors (Lipinski definition) is 1. The molecule has 32 heavy (non-hydrogen) atoms. The van der Waals surface area contributed by atoms with Gasteiger partial charge >= 0.3 is 8.80 Å². The molecular formula is C25H34N2O4Si. The first-order valence-electron chi connectivity index (χ1n) is 11.6. The third kappa shape index (κ3) is 6.13. The van der Waals surface area contributed by atoms with Gasteiger partial charge in [-0.1, -0.05) is 36.4 Å². The fourth-order valence-corrected chi connectivity index (χ4v) is 6.71. The van der Waals surface area contributed by atoms with Crippen molar-refractivity contribution in [1.82, 2.24) is 10.3 Å². The summed E-state index contributed by atoms with van der Waals surface area (Å²) in [7, 11) is -2.64. The molecule has 0 aliphatic rings. The van der Waals surface area contributed by atoms with Crippen LogP contribution in [0.3, 0.4) is 0 Å². The van der Waals surface area contributed by atoms with Gasteiger partial charge in [0.25, 0.3) is 0 Å². The normalized spacial score (nSPS) is 11.8. The SMILES string of the molecule is CCO[Si](CCCCC(=O)NCc1c2ccccc2nc2ccccc12)(OCC)OCC. The summed E-state index contributed by atoms with van der Waals surface area (Å²) in [6.07, 6.45) is 2.07. The highest BCUT2D eigenvalue weighted by molar-refractivity contribution is 6.60. The van der Waals surface area contributed by atoms with Crippen LogP contribution < -0.4 is 5.32 Å². The van der Waals surface area contributed by atoms with Gasteiger partial charge in [-0.25, -0.2) is 4.98 Å². The molecule has 1 N–H and O–H groups in total. The maximum absolute atomic E-state index is 12.6. The van der Waals surface area contributed by atoms with Crippen LogP contribution in [-0.4, -0.2) is 39.5 Å². The quantitative estimate of drug-likeness (QED) is 0.218. The van der Waals surface area contributed by atoms with Gasteiger partial charge in [-0.3, -0.25) is 4.79 Å². The van der Waals surface area contributed by atoms with E-state index in [9.17, 15) is 4.79 Å². The molecule has 0 unspecified atom stereocenters. The Morgan fingerprint density at radius 2 is 1.38 bits per heavy atom. The Morgan fingerprint density at radius 1 is 0.844 bits per heavy atom. The number of fused-ring (bicyclic) bond motifs is 2. The maximum Gasteiger partial charge on any atom is 0.500 e. The van der Waals surface area contributed by atoms with E-state index in [1.165, 1.54) is 0 Å². The summed E-state index contributed by atoms with van der Waals surface area (Å²) in [5, 5.41) is 5.26. The van der Waals surface area contributed by atoms with Gasteiger partial charge in [0.2, 0.25) is 5.91 Å². The van der Waals surface area contributed by atoms with Crippen LogP contribution in [0.1, 0.15) is 45.6 Å². The van der Waals surface area contributed by atoms with Crippen molar-refractivity contribution >= 4 is 36.5 Å². The Bertz CT molecular complexity index is 956. The van der Waals surface area contributed by atoms with E-state index < -0.39 is 8.80 Å². The third-order valence-corrected chi connectivity index (χ3v) is 8.54. The second-order valence-corrected chi connectivity index (χ2v) is 10.3. The van der Waals surface area contributed by atoms with Gasteiger partial charge in [0.05, 0.1) is 11.0 Å². The molecule has 2 aromatic carbocycles. The Balaban J connectivity index is 1.59. The maximum atomic E-state index is 12.6. The summed E-state index contributed by atoms with van der Waals surface area (Å²) >= 11 is 0. The number of nitrogens with zero attached hydrogens (tertiary/aromatic N) is 1. The van der Waals surface area contributed by atoms with Crippen LogP contribution in [0, 0.1) is 0 Å². The molecule has 3 aromatic rings. The van der Waals surface area contributed by atoms with Gasteiger partial charge in [0, 0.05) is 49.6 Å². The molecule has 0 saturated carbocycles. The molecule has 1 aromatic heterocycles. The predicted octanol–water partition coefficient (Wildman–Crippen LogP) is 5.22. The zero-order valence-corrected chi connectivity index (χ0v) is 20.4. The molecule has 0 aliphatic heterocycles. The van der Waals surface area contributed by atoms with E-state index in [1.54, 1.807) is 0 Å². The average Bonchev–Trinajstić information content (AvgIpc) is 2.80. The number of pyridine rings is 1. The Kier molecular flexibility index (Phi) is 9.17. The van der Waals surface area contributed by atoms with Crippen molar-refractivity contribution in [3.05, 3.63) is 54.1 Å². The fraction of sp³-hybridized carbons (Fsp3) is 0.440. The molecule has 172 valence electrons. The van der Waals surface area contributed by atoms with E-state index in [-0.39, 0.29) is 5.91 Å². The van der Waals surface area contributed by atoms with Gasteiger partial charge in [-0.15, -0.1) is 0 Å². The molecule has 7 heteroatoms. The molecule has 0 spiro atoms. The number of carbonyl (C=O) groups excluding carboxylic acids is 1. The molecule has 0 atom stereocenters. The van der Waals surface area contributed by atoms with E-state index in [1.807, 2.05) is 57.2 Å². The third-order valence-electron chi connectivity index (χ3n) is 5.39. The number of unbranched alkanes of at least 4 members (excludes halogenated alkanes) is 1. The molecular weight excluding hydrogens is 420 g/mol. The lowest BCUT2D eigenvalue weighted by molar-refractivity contribution is -0.121. The number of rotatable bonds is 13. The lowest BCUT2D eigenvalue weighted by Gasteiger charge is -2.28. The Morgan fingerprint density at radius 3 is 1.91 bits per heavy atom. The molecule has 0 bridgehead atoms. The monoisotopic (exact) mass is 454 g/mol. The van der Waals surface area contributed by atoms with Gasteiger partial charge in [0.15, 0.2) is 0 Å². The van der Waals surface area contributed by atoms with Crippen LogP contribution in [0.5, 0.6) is 0 Å². The van der Waals surface area contributed by atoms with E-state index in [0.29, 0.717) is 32.8 Å². The molecule has 0 fully saturated rings. The van der Waals surface area contributed by atoms with Crippen molar-refractivity contribution in [2.45, 2.75) is 52.6 Å². The van der Waals surface area contributed by atoms with E-state index in [0.717, 1.165) is 46.3 Å². The van der Waals surface area contributed by atoms with Crippen LogP contribution in [0.2, 0.25) is 6.04 Å². The number of benzene rings is 2. The minimum atomic E-state index is -2.64. The molecule has 0 saturated heterocycles. The largest absolute Gasteiger partial charge is 0.500 e. The predicted molar refractivity (Wildman–Crippen MR) is 130 cm³/mol. The summed E-state index contributed by atoms with van der Waals surface area (Å²) in [5.74, 6) is 0.0477. The molecule has 3 rings (SSSR count). The second kappa shape index (κ2) is 12.1. The highest BCUT2D eigenvalue weighted by Gasteiger charge is 2.39. The number of para-hydroxylation sites is 2. The van der Waals surface area contributed by atoms with Crippen LogP contribution in [0.4, 0.5) is 0 Å². The van der Waals surface area contributed by atoms with Crippen molar-refractivity contribution in [1.29, 1.82) is 0 Å². The first-order valence-corrected chi connectivity index (χ1v) is 13.5. The molecule has 0 aliphatic carbocycles. The van der Waals surface area contributed by atoms with Crippen LogP contribution in [-0.2, 0) is 24.6 Å². The molecule has 0 radical (unpaired) electrons. The summed E-state index contributed by atoms with van der Waals surface area (Å²) in [6.45, 7) is 8.07. The van der Waals surface area contributed by atoms with Gasteiger partial charge in [-0.05, 0) is 51.3 Å². The number of carbonyl (C=O) groups is 1. The smallest absolute Gasteiger partial charge is 0.374 e. The summed E-state index contributed by atoms with van der Waals surface area (Å²) in [4.78, 5) is 17.3. The van der Waals surface area contributed by atoms with Crippen LogP contribution in [0.25, 0.3) is 21.8 Å². The minimum absolute atomic E-state index is 0.0477. The van der Waals surface area contributed by atoms with Crippen molar-refractivity contribution in [3.8, 4) is 0 Å². The Hall–Kier alpha value is -2.32. The highest BCUT2D eigenvalue weighted by atomic mass is 28.4. The van der Waals surface area contributed by atoms with Gasteiger partial charge in [-0.2, -0.15) is 0 Å². The number of amides is 1. The molecule has 6 nitrogen and oxygen atoms in total. The fourth-order valence-electron chi connectivity index (χ4n) is 4.02. The van der Waals surface area contributed by atoms with Crippen LogP contribution in [0.15, 0.2) is 48.5 Å². The van der Waals surface area contributed by atoms with Crippen molar-refractivity contribution in [3.63, 3.8) is 0 Å². The Labute approximate surface area is 191 Å². The lowest BCUT2D eigenvalue weighted by Crippen LogP contribution is -2.45. The molecule has 1 amide bonds.